The first-order chi connectivity index (χ1) is 12.1. The highest BCUT2D eigenvalue weighted by atomic mass is 32.2. The van der Waals surface area contributed by atoms with E-state index in [0.717, 1.165) is 0 Å². The van der Waals surface area contributed by atoms with Crippen LogP contribution in [0.15, 0.2) is 72.4 Å². The lowest BCUT2D eigenvalue weighted by molar-refractivity contribution is -0.0444. The van der Waals surface area contributed by atoms with Crippen molar-refractivity contribution < 1.29 is 31.2 Å². The zero-order chi connectivity index (χ0) is 19.4. The number of carbonyl (C=O) groups is 2. The molecule has 0 heterocycles. The topological polar surface area (TPSA) is 80.3 Å². The van der Waals surface area contributed by atoms with Crippen molar-refractivity contribution >= 4 is 21.6 Å². The normalized spacial score (nSPS) is 12.5. The van der Waals surface area contributed by atoms with E-state index in [1.807, 2.05) is 0 Å². The van der Waals surface area contributed by atoms with Crippen molar-refractivity contribution in [2.24, 2.45) is 0 Å². The van der Waals surface area contributed by atoms with Crippen molar-refractivity contribution in [3.8, 4) is 0 Å². The molecule has 2 aromatic rings. The third kappa shape index (κ3) is 4.57. The van der Waals surface area contributed by atoms with E-state index in [4.69, 9.17) is 0 Å². The van der Waals surface area contributed by atoms with Gasteiger partial charge in [0.1, 0.15) is 5.70 Å². The maximum Gasteiger partial charge on any atom is 0.516 e. The van der Waals surface area contributed by atoms with Crippen molar-refractivity contribution in [1.29, 1.82) is 0 Å². The smallest absolute Gasteiger partial charge is 0.289 e. The van der Waals surface area contributed by atoms with Gasteiger partial charge in [-0.15, -0.1) is 0 Å². The molecule has 0 amide bonds. The number of hydrogen-bond acceptors (Lipinski definition) is 4. The minimum atomic E-state index is -5.87. The fourth-order valence-electron chi connectivity index (χ4n) is 1.91. The Kier molecular flexibility index (Phi) is 5.61. The quantitative estimate of drug-likeness (QED) is 0.614. The van der Waals surface area contributed by atoms with E-state index in [9.17, 15) is 31.2 Å². The van der Waals surface area contributed by atoms with Crippen LogP contribution in [0, 0.1) is 0 Å². The van der Waals surface area contributed by atoms with Gasteiger partial charge >= 0.3 is 15.5 Å². The lowest BCUT2D eigenvalue weighted by Gasteiger charge is -2.13. The second-order valence-corrected chi connectivity index (χ2v) is 6.71. The summed E-state index contributed by atoms with van der Waals surface area (Å²) in [5, 5.41) is 0. The first-order valence-electron chi connectivity index (χ1n) is 7.12. The zero-order valence-corrected chi connectivity index (χ0v) is 13.8. The monoisotopic (exact) mass is 383 g/mol. The first-order valence-corrected chi connectivity index (χ1v) is 8.60. The van der Waals surface area contributed by atoms with E-state index < -0.39 is 32.8 Å². The molecule has 2 aromatic carbocycles. The van der Waals surface area contributed by atoms with Gasteiger partial charge in [0.15, 0.2) is 5.78 Å². The summed E-state index contributed by atoms with van der Waals surface area (Å²) in [5.41, 5.74) is -6.64. The van der Waals surface area contributed by atoms with Gasteiger partial charge in [-0.3, -0.25) is 14.3 Å². The molecule has 0 spiro atoms. The van der Waals surface area contributed by atoms with Gasteiger partial charge in [-0.25, -0.2) is 0 Å². The Hall–Kier alpha value is -2.94. The van der Waals surface area contributed by atoms with E-state index in [1.54, 1.807) is 12.1 Å². The van der Waals surface area contributed by atoms with Crippen molar-refractivity contribution in [1.82, 2.24) is 4.72 Å². The van der Waals surface area contributed by atoms with Crippen molar-refractivity contribution in [2.45, 2.75) is 5.51 Å². The van der Waals surface area contributed by atoms with Gasteiger partial charge < -0.3 is 0 Å². The van der Waals surface area contributed by atoms with Crippen LogP contribution in [-0.4, -0.2) is 25.5 Å². The first kappa shape index (κ1) is 19.4. The van der Waals surface area contributed by atoms with Gasteiger partial charge in [0.25, 0.3) is 0 Å². The van der Waals surface area contributed by atoms with E-state index in [2.05, 4.69) is 0 Å². The molecule has 0 unspecified atom stereocenters. The predicted molar refractivity (Wildman–Crippen MR) is 87.7 cm³/mol. The predicted octanol–water partition coefficient (Wildman–Crippen LogP) is 3.08. The molecule has 26 heavy (non-hydrogen) atoms. The highest BCUT2D eigenvalue weighted by Gasteiger charge is 2.47. The Morgan fingerprint density at radius 1 is 0.846 bits per heavy atom. The Bertz CT molecular complexity index is 937. The number of benzene rings is 2. The van der Waals surface area contributed by atoms with Crippen molar-refractivity contribution in [3.05, 3.63) is 83.6 Å². The third-order valence-corrected chi connectivity index (χ3v) is 4.26. The lowest BCUT2D eigenvalue weighted by Crippen LogP contribution is -2.38. The third-order valence-electron chi connectivity index (χ3n) is 3.16. The van der Waals surface area contributed by atoms with Gasteiger partial charge in [-0.05, 0) is 0 Å². The van der Waals surface area contributed by atoms with E-state index in [-0.39, 0.29) is 11.1 Å². The molecule has 1 N–H and O–H groups in total. The molecule has 0 aromatic heterocycles. The molecular formula is C17H12F3NO4S. The molecule has 0 fully saturated rings. The molecule has 0 saturated carbocycles. The highest BCUT2D eigenvalue weighted by Crippen LogP contribution is 2.23. The van der Waals surface area contributed by atoms with E-state index in [0.29, 0.717) is 6.08 Å². The number of rotatable bonds is 6. The number of alkyl halides is 3. The number of carbonyl (C=O) groups excluding carboxylic acids is 2. The SMILES string of the molecule is O=C(C=C(NS(=O)(=O)C(F)(F)F)C(=O)c1ccccc1)c1ccccc1. The van der Waals surface area contributed by atoms with Crippen LogP contribution in [-0.2, 0) is 10.0 Å². The number of sulfonamides is 1. The van der Waals surface area contributed by atoms with Crippen molar-refractivity contribution in [2.75, 3.05) is 0 Å². The number of nitrogens with one attached hydrogen (secondary N) is 1. The second kappa shape index (κ2) is 7.52. The Morgan fingerprint density at radius 3 is 1.77 bits per heavy atom. The standard InChI is InChI=1S/C17H12F3NO4S/c18-17(19,20)26(24,25)21-14(16(23)13-9-5-2-6-10-13)11-15(22)12-7-3-1-4-8-12/h1-11,21H. The van der Waals surface area contributed by atoms with Crippen LogP contribution in [0.1, 0.15) is 20.7 Å². The summed E-state index contributed by atoms with van der Waals surface area (Å²) in [5.74, 6) is -1.89. The Labute approximate surface area is 147 Å². The molecule has 9 heteroatoms. The number of ketones is 2. The summed E-state index contributed by atoms with van der Waals surface area (Å²) < 4.78 is 61.9. The van der Waals surface area contributed by atoms with Gasteiger partial charge in [-0.1, -0.05) is 60.7 Å². The summed E-state index contributed by atoms with van der Waals surface area (Å²) in [6.45, 7) is 0. The van der Waals surface area contributed by atoms with Gasteiger partial charge in [-0.2, -0.15) is 21.6 Å². The molecule has 5 nitrogen and oxygen atoms in total. The molecule has 0 saturated heterocycles. The van der Waals surface area contributed by atoms with E-state index in [1.165, 1.54) is 53.3 Å². The van der Waals surface area contributed by atoms with Gasteiger partial charge in [0, 0.05) is 17.2 Å². The molecule has 0 bridgehead atoms. The molecule has 0 aliphatic carbocycles. The minimum Gasteiger partial charge on any atom is -0.289 e. The molecular weight excluding hydrogens is 371 g/mol. The number of allylic oxidation sites excluding steroid dienone is 2. The molecule has 0 aliphatic rings. The number of hydrogen-bond donors (Lipinski definition) is 1. The zero-order valence-electron chi connectivity index (χ0n) is 13.0. The Balaban J connectivity index is 2.47. The molecule has 0 aliphatic heterocycles. The maximum absolute atomic E-state index is 12.6. The van der Waals surface area contributed by atoms with Crippen LogP contribution in [0.25, 0.3) is 0 Å². The van der Waals surface area contributed by atoms with E-state index >= 15 is 0 Å². The largest absolute Gasteiger partial charge is 0.516 e. The lowest BCUT2D eigenvalue weighted by atomic mass is 10.1. The minimum absolute atomic E-state index is 0.0792. The Morgan fingerprint density at radius 2 is 1.31 bits per heavy atom. The van der Waals surface area contributed by atoms with Gasteiger partial charge in [0.05, 0.1) is 0 Å². The fourth-order valence-corrected chi connectivity index (χ4v) is 2.46. The second-order valence-electron chi connectivity index (χ2n) is 5.03. The van der Waals surface area contributed by atoms with Crippen LogP contribution in [0.4, 0.5) is 13.2 Å². The molecule has 136 valence electrons. The summed E-state index contributed by atoms with van der Waals surface area (Å²) in [6, 6.07) is 14.4. The average Bonchev–Trinajstić information content (AvgIpc) is 2.61. The molecule has 0 radical (unpaired) electrons. The fraction of sp³-hybridized carbons (Fsp3) is 0.0588. The summed E-state index contributed by atoms with van der Waals surface area (Å²) in [7, 11) is -5.87. The van der Waals surface area contributed by atoms with Crippen LogP contribution < -0.4 is 4.72 Å². The summed E-state index contributed by atoms with van der Waals surface area (Å²) >= 11 is 0. The molecule has 2 rings (SSSR count). The van der Waals surface area contributed by atoms with Crippen molar-refractivity contribution in [3.63, 3.8) is 0 Å². The van der Waals surface area contributed by atoms with Crippen LogP contribution in [0.5, 0.6) is 0 Å². The van der Waals surface area contributed by atoms with Crippen LogP contribution in [0.3, 0.4) is 0 Å². The summed E-state index contributed by atoms with van der Waals surface area (Å²) in [4.78, 5) is 24.6. The van der Waals surface area contributed by atoms with Crippen LogP contribution in [0.2, 0.25) is 0 Å². The van der Waals surface area contributed by atoms with Gasteiger partial charge in [0.2, 0.25) is 5.78 Å². The summed E-state index contributed by atoms with van der Waals surface area (Å²) in [6.07, 6.45) is 0.536. The number of halogens is 3. The van der Waals surface area contributed by atoms with Crippen LogP contribution >= 0.6 is 0 Å². The average molecular weight is 383 g/mol. The molecule has 0 atom stereocenters. The maximum atomic E-state index is 12.6. The highest BCUT2D eigenvalue weighted by molar-refractivity contribution is 7.90. The number of Topliss-reactive ketones (excluding diaryl/α,β-unsaturated/α-hetero) is 1.